The number of nitrogens with zero attached hydrogens (tertiary/aromatic N) is 1. The van der Waals surface area contributed by atoms with E-state index in [4.69, 9.17) is 9.84 Å². The minimum atomic E-state index is 0.0437. The van der Waals surface area contributed by atoms with Gasteiger partial charge in [0.1, 0.15) is 5.75 Å². The molecule has 0 aliphatic heterocycles. The van der Waals surface area contributed by atoms with Crippen LogP contribution in [0.2, 0.25) is 0 Å². The standard InChI is InChI=1S/C16H23NO3/c1-13-4-2-5-15(12-13)20-11-3-6-16(19)17(9-10-18)14-7-8-14/h2,4-5,12,14,18H,3,6-11H2,1H3. The lowest BCUT2D eigenvalue weighted by atomic mass is 10.2. The first-order chi connectivity index (χ1) is 9.70. The number of amides is 1. The van der Waals surface area contributed by atoms with E-state index in [0.717, 1.165) is 18.6 Å². The maximum absolute atomic E-state index is 12.0. The predicted molar refractivity (Wildman–Crippen MR) is 77.7 cm³/mol. The monoisotopic (exact) mass is 277 g/mol. The normalized spacial score (nSPS) is 14.1. The highest BCUT2D eigenvalue weighted by Gasteiger charge is 2.31. The average Bonchev–Trinajstić information content (AvgIpc) is 3.25. The van der Waals surface area contributed by atoms with Crippen LogP contribution in [-0.2, 0) is 4.79 Å². The second kappa shape index (κ2) is 7.29. The average molecular weight is 277 g/mol. The molecule has 0 saturated heterocycles. The van der Waals surface area contributed by atoms with Crippen molar-refractivity contribution in [2.24, 2.45) is 0 Å². The van der Waals surface area contributed by atoms with Crippen LogP contribution in [0.15, 0.2) is 24.3 Å². The third-order valence-corrected chi connectivity index (χ3v) is 3.44. The molecule has 4 nitrogen and oxygen atoms in total. The fraction of sp³-hybridized carbons (Fsp3) is 0.562. The molecule has 20 heavy (non-hydrogen) atoms. The van der Waals surface area contributed by atoms with Crippen LogP contribution in [0, 0.1) is 6.92 Å². The fourth-order valence-electron chi connectivity index (χ4n) is 2.27. The van der Waals surface area contributed by atoms with Crippen molar-refractivity contribution >= 4 is 5.91 Å². The molecule has 0 spiro atoms. The van der Waals surface area contributed by atoms with Gasteiger partial charge in [-0.3, -0.25) is 4.79 Å². The van der Waals surface area contributed by atoms with Gasteiger partial charge in [0.25, 0.3) is 0 Å². The molecule has 0 unspecified atom stereocenters. The van der Waals surface area contributed by atoms with Gasteiger partial charge in [0.05, 0.1) is 13.2 Å². The zero-order valence-electron chi connectivity index (χ0n) is 12.0. The second-order valence-corrected chi connectivity index (χ2v) is 5.31. The molecular formula is C16H23NO3. The first kappa shape index (κ1) is 14.9. The zero-order chi connectivity index (χ0) is 14.4. The highest BCUT2D eigenvalue weighted by Crippen LogP contribution is 2.27. The number of rotatable bonds is 8. The SMILES string of the molecule is Cc1cccc(OCCCC(=O)N(CCO)C2CC2)c1. The number of hydrogen-bond acceptors (Lipinski definition) is 3. The van der Waals surface area contributed by atoms with Crippen LogP contribution in [0.3, 0.4) is 0 Å². The summed E-state index contributed by atoms with van der Waals surface area (Å²) in [4.78, 5) is 13.9. The Labute approximate surface area is 120 Å². The van der Waals surface area contributed by atoms with Gasteiger partial charge in [-0.1, -0.05) is 12.1 Å². The summed E-state index contributed by atoms with van der Waals surface area (Å²) >= 11 is 0. The van der Waals surface area contributed by atoms with Gasteiger partial charge in [0.15, 0.2) is 0 Å². The Balaban J connectivity index is 1.68. The Morgan fingerprint density at radius 2 is 2.25 bits per heavy atom. The molecule has 0 aromatic heterocycles. The summed E-state index contributed by atoms with van der Waals surface area (Å²) in [5.41, 5.74) is 1.17. The van der Waals surface area contributed by atoms with Gasteiger partial charge in [-0.25, -0.2) is 0 Å². The van der Waals surface area contributed by atoms with Gasteiger partial charge < -0.3 is 14.7 Å². The highest BCUT2D eigenvalue weighted by molar-refractivity contribution is 5.76. The molecule has 1 N–H and O–H groups in total. The summed E-state index contributed by atoms with van der Waals surface area (Å²) in [6, 6.07) is 8.28. The van der Waals surface area contributed by atoms with E-state index in [9.17, 15) is 4.79 Å². The summed E-state index contributed by atoms with van der Waals surface area (Å²) < 4.78 is 5.63. The maximum atomic E-state index is 12.0. The van der Waals surface area contributed by atoms with E-state index >= 15 is 0 Å². The van der Waals surface area contributed by atoms with Crippen molar-refractivity contribution in [3.05, 3.63) is 29.8 Å². The quantitative estimate of drug-likeness (QED) is 0.741. The number of aryl methyl sites for hydroxylation is 1. The van der Waals surface area contributed by atoms with Crippen LogP contribution in [0.25, 0.3) is 0 Å². The fourth-order valence-corrected chi connectivity index (χ4v) is 2.27. The zero-order valence-corrected chi connectivity index (χ0v) is 12.0. The van der Waals surface area contributed by atoms with E-state index in [0.29, 0.717) is 32.0 Å². The molecule has 1 fully saturated rings. The smallest absolute Gasteiger partial charge is 0.223 e. The van der Waals surface area contributed by atoms with Crippen molar-refractivity contribution < 1.29 is 14.6 Å². The molecular weight excluding hydrogens is 254 g/mol. The summed E-state index contributed by atoms with van der Waals surface area (Å²) in [5, 5.41) is 8.99. The van der Waals surface area contributed by atoms with Crippen molar-refractivity contribution in [3.8, 4) is 5.75 Å². The lowest BCUT2D eigenvalue weighted by Crippen LogP contribution is -2.35. The molecule has 0 bridgehead atoms. The van der Waals surface area contributed by atoms with Crippen LogP contribution in [0.4, 0.5) is 0 Å². The number of carbonyl (C=O) groups is 1. The molecule has 1 aliphatic carbocycles. The number of aliphatic hydroxyl groups is 1. The van der Waals surface area contributed by atoms with Crippen molar-refractivity contribution in [2.75, 3.05) is 19.8 Å². The van der Waals surface area contributed by atoms with E-state index < -0.39 is 0 Å². The van der Waals surface area contributed by atoms with Crippen molar-refractivity contribution in [3.63, 3.8) is 0 Å². The minimum Gasteiger partial charge on any atom is -0.494 e. The largest absolute Gasteiger partial charge is 0.494 e. The van der Waals surface area contributed by atoms with E-state index in [1.807, 2.05) is 36.1 Å². The number of benzene rings is 1. The number of carbonyl (C=O) groups excluding carboxylic acids is 1. The summed E-state index contributed by atoms with van der Waals surface area (Å²) in [6.45, 7) is 3.08. The molecule has 4 heteroatoms. The Bertz CT molecular complexity index is 443. The molecule has 2 rings (SSSR count). The first-order valence-electron chi connectivity index (χ1n) is 7.30. The number of hydrogen-bond donors (Lipinski definition) is 1. The van der Waals surface area contributed by atoms with E-state index in [-0.39, 0.29) is 12.5 Å². The maximum Gasteiger partial charge on any atom is 0.223 e. The predicted octanol–water partition coefficient (Wildman–Crippen LogP) is 2.14. The molecule has 0 heterocycles. The summed E-state index contributed by atoms with van der Waals surface area (Å²) in [6.07, 6.45) is 3.35. The van der Waals surface area contributed by atoms with Gasteiger partial charge in [-0.2, -0.15) is 0 Å². The highest BCUT2D eigenvalue weighted by atomic mass is 16.5. The van der Waals surface area contributed by atoms with Gasteiger partial charge in [0.2, 0.25) is 5.91 Å². The van der Waals surface area contributed by atoms with Crippen molar-refractivity contribution in [2.45, 2.75) is 38.6 Å². The molecule has 0 radical (unpaired) electrons. The molecule has 1 amide bonds. The second-order valence-electron chi connectivity index (χ2n) is 5.31. The third-order valence-electron chi connectivity index (χ3n) is 3.44. The van der Waals surface area contributed by atoms with Crippen LogP contribution < -0.4 is 4.74 Å². The van der Waals surface area contributed by atoms with Gasteiger partial charge in [0, 0.05) is 19.0 Å². The molecule has 110 valence electrons. The topological polar surface area (TPSA) is 49.8 Å². The van der Waals surface area contributed by atoms with E-state index in [2.05, 4.69) is 0 Å². The lowest BCUT2D eigenvalue weighted by Gasteiger charge is -2.21. The van der Waals surface area contributed by atoms with Gasteiger partial charge in [-0.15, -0.1) is 0 Å². The van der Waals surface area contributed by atoms with Gasteiger partial charge in [-0.05, 0) is 43.9 Å². The van der Waals surface area contributed by atoms with E-state index in [1.165, 1.54) is 5.56 Å². The Morgan fingerprint density at radius 3 is 2.90 bits per heavy atom. The van der Waals surface area contributed by atoms with Crippen LogP contribution in [0.1, 0.15) is 31.2 Å². The van der Waals surface area contributed by atoms with Crippen molar-refractivity contribution in [1.82, 2.24) is 4.90 Å². The Morgan fingerprint density at radius 1 is 1.45 bits per heavy atom. The first-order valence-corrected chi connectivity index (χ1v) is 7.30. The molecule has 0 atom stereocenters. The summed E-state index contributed by atoms with van der Waals surface area (Å²) in [5.74, 6) is 0.987. The van der Waals surface area contributed by atoms with Crippen molar-refractivity contribution in [1.29, 1.82) is 0 Å². The molecule has 1 aromatic carbocycles. The minimum absolute atomic E-state index is 0.0437. The van der Waals surface area contributed by atoms with E-state index in [1.54, 1.807) is 0 Å². The third kappa shape index (κ3) is 4.53. The van der Waals surface area contributed by atoms with Crippen LogP contribution >= 0.6 is 0 Å². The summed E-state index contributed by atoms with van der Waals surface area (Å²) in [7, 11) is 0. The lowest BCUT2D eigenvalue weighted by molar-refractivity contribution is -0.132. The Hall–Kier alpha value is -1.55. The van der Waals surface area contributed by atoms with Gasteiger partial charge >= 0.3 is 0 Å². The molecule has 1 aliphatic rings. The number of aliphatic hydroxyl groups excluding tert-OH is 1. The molecule has 1 saturated carbocycles. The number of ether oxygens (including phenoxy) is 1. The van der Waals surface area contributed by atoms with Crippen LogP contribution in [0.5, 0.6) is 5.75 Å². The Kier molecular flexibility index (Phi) is 5.41. The molecule has 1 aromatic rings. The van der Waals surface area contributed by atoms with Crippen LogP contribution in [-0.4, -0.2) is 41.7 Å².